The zero-order chi connectivity index (χ0) is 35.1. The van der Waals surface area contributed by atoms with Gasteiger partial charge >= 0.3 is 0 Å². The fraction of sp³-hybridized carbons (Fsp3) is 0. The maximum Gasteiger partial charge on any atom is 0.164 e. The summed E-state index contributed by atoms with van der Waals surface area (Å²) in [6, 6.07) is 66.2. The number of aromatic nitrogens is 3. The smallest absolute Gasteiger partial charge is 0.164 e. The molecule has 0 N–H and O–H groups in total. The summed E-state index contributed by atoms with van der Waals surface area (Å²) in [5, 5.41) is 5.11. The van der Waals surface area contributed by atoms with E-state index in [2.05, 4.69) is 176 Å². The predicted molar refractivity (Wildman–Crippen MR) is 223 cm³/mol. The second kappa shape index (κ2) is 13.1. The predicted octanol–water partition coefficient (Wildman–Crippen LogP) is 13.4. The Balaban J connectivity index is 1.11. The lowest BCUT2D eigenvalue weighted by Gasteiger charge is -2.12. The molecule has 10 rings (SSSR count). The van der Waals surface area contributed by atoms with Crippen LogP contribution in [0.25, 0.3) is 98.5 Å². The first-order valence-electron chi connectivity index (χ1n) is 17.8. The first-order valence-corrected chi connectivity index (χ1v) is 18.6. The van der Waals surface area contributed by atoms with Crippen LogP contribution in [-0.4, -0.2) is 15.0 Å². The second-order valence-electron chi connectivity index (χ2n) is 13.2. The van der Waals surface area contributed by atoms with Crippen LogP contribution in [-0.2, 0) is 0 Å². The van der Waals surface area contributed by atoms with Gasteiger partial charge in [0.05, 0.1) is 0 Å². The van der Waals surface area contributed by atoms with Crippen LogP contribution >= 0.6 is 11.3 Å². The Kier molecular flexibility index (Phi) is 7.67. The number of thiophene rings is 1. The summed E-state index contributed by atoms with van der Waals surface area (Å²) in [5.41, 5.74) is 9.78. The van der Waals surface area contributed by atoms with Gasteiger partial charge in [0.15, 0.2) is 17.5 Å². The summed E-state index contributed by atoms with van der Waals surface area (Å²) in [6.07, 6.45) is 0. The molecule has 0 bridgehead atoms. The maximum absolute atomic E-state index is 5.12. The van der Waals surface area contributed by atoms with Crippen LogP contribution in [0.15, 0.2) is 188 Å². The summed E-state index contributed by atoms with van der Waals surface area (Å²) in [4.78, 5) is 15.3. The number of rotatable bonds is 6. The van der Waals surface area contributed by atoms with Crippen LogP contribution in [0.3, 0.4) is 0 Å². The quantitative estimate of drug-likeness (QED) is 0.174. The van der Waals surface area contributed by atoms with Gasteiger partial charge in [-0.1, -0.05) is 176 Å². The van der Waals surface area contributed by atoms with Crippen molar-refractivity contribution >= 4 is 42.3 Å². The molecular formula is C49H31N3S. The molecule has 0 aliphatic carbocycles. The van der Waals surface area contributed by atoms with Crippen molar-refractivity contribution in [2.45, 2.75) is 0 Å². The lowest BCUT2D eigenvalue weighted by atomic mass is 9.95. The Morgan fingerprint density at radius 1 is 0.321 bits per heavy atom. The number of hydrogen-bond donors (Lipinski definition) is 0. The number of benzene rings is 8. The lowest BCUT2D eigenvalue weighted by Crippen LogP contribution is -2.00. The van der Waals surface area contributed by atoms with E-state index in [4.69, 9.17) is 15.0 Å². The van der Waals surface area contributed by atoms with E-state index in [0.717, 1.165) is 33.4 Å². The van der Waals surface area contributed by atoms with Crippen LogP contribution in [0.4, 0.5) is 0 Å². The Morgan fingerprint density at radius 2 is 0.811 bits per heavy atom. The van der Waals surface area contributed by atoms with Crippen molar-refractivity contribution in [3.8, 4) is 67.5 Å². The van der Waals surface area contributed by atoms with Crippen molar-refractivity contribution in [2.24, 2.45) is 0 Å². The molecule has 0 saturated carbocycles. The standard InChI is InChI=1S/C49H31N3S/c1-3-11-32(12-4-1)34-21-25-37(26-22-34)47-50-48(38-27-23-35(24-28-38)33-13-5-2-6-14-33)52-49(51-47)40-17-9-16-39(31-40)41-19-10-15-36-29-30-43-42-18-7-8-20-44(42)53-46(43)45(36)41/h1-31H. The molecule has 0 saturated heterocycles. The number of hydrogen-bond acceptors (Lipinski definition) is 4. The van der Waals surface area contributed by atoms with Gasteiger partial charge in [0.2, 0.25) is 0 Å². The lowest BCUT2D eigenvalue weighted by molar-refractivity contribution is 1.07. The minimum absolute atomic E-state index is 0.637. The summed E-state index contributed by atoms with van der Waals surface area (Å²) in [5.74, 6) is 1.91. The molecule has 0 atom stereocenters. The Labute approximate surface area is 311 Å². The molecule has 0 fully saturated rings. The van der Waals surface area contributed by atoms with E-state index in [0.29, 0.717) is 17.5 Å². The molecule has 0 aliphatic heterocycles. The van der Waals surface area contributed by atoms with Crippen LogP contribution in [0.5, 0.6) is 0 Å². The molecule has 0 amide bonds. The van der Waals surface area contributed by atoms with Crippen molar-refractivity contribution in [3.05, 3.63) is 188 Å². The van der Waals surface area contributed by atoms with E-state index in [1.54, 1.807) is 0 Å². The van der Waals surface area contributed by atoms with Gasteiger partial charge < -0.3 is 0 Å². The minimum Gasteiger partial charge on any atom is -0.208 e. The minimum atomic E-state index is 0.637. The van der Waals surface area contributed by atoms with Crippen molar-refractivity contribution in [1.29, 1.82) is 0 Å². The summed E-state index contributed by atoms with van der Waals surface area (Å²) in [7, 11) is 0. The highest BCUT2D eigenvalue weighted by atomic mass is 32.1. The van der Waals surface area contributed by atoms with E-state index in [1.807, 2.05) is 23.5 Å². The molecule has 0 aliphatic rings. The van der Waals surface area contributed by atoms with Crippen LogP contribution < -0.4 is 0 Å². The Hall–Kier alpha value is -6.75. The van der Waals surface area contributed by atoms with Gasteiger partial charge in [-0.15, -0.1) is 11.3 Å². The fourth-order valence-electron chi connectivity index (χ4n) is 7.27. The van der Waals surface area contributed by atoms with Crippen LogP contribution in [0.2, 0.25) is 0 Å². The maximum atomic E-state index is 5.12. The number of nitrogens with zero attached hydrogens (tertiary/aromatic N) is 3. The average Bonchev–Trinajstić information content (AvgIpc) is 3.63. The van der Waals surface area contributed by atoms with Crippen molar-refractivity contribution < 1.29 is 0 Å². The molecule has 3 nitrogen and oxygen atoms in total. The SMILES string of the molecule is c1ccc(-c2ccc(-c3nc(-c4ccc(-c5ccccc5)cc4)nc(-c4cccc(-c5cccc6ccc7c8ccccc8sc7c56)c4)n3)cc2)cc1. The molecule has 0 unspecified atom stereocenters. The molecular weight excluding hydrogens is 663 g/mol. The van der Waals surface area contributed by atoms with E-state index in [-0.39, 0.29) is 0 Å². The highest BCUT2D eigenvalue weighted by Gasteiger charge is 2.16. The first kappa shape index (κ1) is 31.0. The third-order valence-corrected chi connectivity index (χ3v) is 11.2. The first-order chi connectivity index (χ1) is 26.2. The molecule has 10 aromatic rings. The van der Waals surface area contributed by atoms with Gasteiger partial charge in [0, 0.05) is 42.2 Å². The molecule has 8 aromatic carbocycles. The normalized spacial score (nSPS) is 11.4. The van der Waals surface area contributed by atoms with Gasteiger partial charge in [-0.25, -0.2) is 15.0 Å². The van der Waals surface area contributed by atoms with E-state index >= 15 is 0 Å². The highest BCUT2D eigenvalue weighted by Crippen LogP contribution is 2.42. The largest absolute Gasteiger partial charge is 0.208 e. The topological polar surface area (TPSA) is 38.7 Å². The van der Waals surface area contributed by atoms with Crippen molar-refractivity contribution in [3.63, 3.8) is 0 Å². The molecule has 2 heterocycles. The van der Waals surface area contributed by atoms with Crippen LogP contribution in [0.1, 0.15) is 0 Å². The third-order valence-electron chi connectivity index (χ3n) is 9.95. The van der Waals surface area contributed by atoms with Gasteiger partial charge in [0.1, 0.15) is 0 Å². The molecule has 4 heteroatoms. The van der Waals surface area contributed by atoms with E-state index in [1.165, 1.54) is 47.6 Å². The van der Waals surface area contributed by atoms with E-state index in [9.17, 15) is 0 Å². The average molecular weight is 694 g/mol. The summed E-state index contributed by atoms with van der Waals surface area (Å²) >= 11 is 1.87. The second-order valence-corrected chi connectivity index (χ2v) is 14.3. The molecule has 2 aromatic heterocycles. The zero-order valence-electron chi connectivity index (χ0n) is 28.6. The number of fused-ring (bicyclic) bond motifs is 5. The van der Waals surface area contributed by atoms with Crippen LogP contribution in [0, 0.1) is 0 Å². The fourth-order valence-corrected chi connectivity index (χ4v) is 8.54. The van der Waals surface area contributed by atoms with Crippen molar-refractivity contribution in [1.82, 2.24) is 15.0 Å². The Morgan fingerprint density at radius 3 is 1.45 bits per heavy atom. The molecule has 0 radical (unpaired) electrons. The van der Waals surface area contributed by atoms with Gasteiger partial charge in [-0.3, -0.25) is 0 Å². The van der Waals surface area contributed by atoms with E-state index < -0.39 is 0 Å². The van der Waals surface area contributed by atoms with Crippen molar-refractivity contribution in [2.75, 3.05) is 0 Å². The monoisotopic (exact) mass is 693 g/mol. The van der Waals surface area contributed by atoms with Gasteiger partial charge in [0.25, 0.3) is 0 Å². The third kappa shape index (κ3) is 5.76. The van der Waals surface area contributed by atoms with Gasteiger partial charge in [-0.05, 0) is 50.9 Å². The van der Waals surface area contributed by atoms with Gasteiger partial charge in [-0.2, -0.15) is 0 Å². The zero-order valence-corrected chi connectivity index (χ0v) is 29.5. The molecule has 0 spiro atoms. The molecule has 53 heavy (non-hydrogen) atoms. The highest BCUT2D eigenvalue weighted by molar-refractivity contribution is 7.26. The summed E-state index contributed by atoms with van der Waals surface area (Å²) < 4.78 is 2.62. The molecule has 248 valence electrons. The Bertz CT molecular complexity index is 2810. The summed E-state index contributed by atoms with van der Waals surface area (Å²) in [6.45, 7) is 0.